The Bertz CT molecular complexity index is 1070. The molecule has 2 aromatic heterocycles. The van der Waals surface area contributed by atoms with Gasteiger partial charge < -0.3 is 10.2 Å². The van der Waals surface area contributed by atoms with Gasteiger partial charge in [0, 0.05) is 42.5 Å². The molecule has 1 amide bonds. The topological polar surface area (TPSA) is 61.4 Å². The van der Waals surface area contributed by atoms with E-state index in [1.165, 1.54) is 20.7 Å². The van der Waals surface area contributed by atoms with Crippen molar-refractivity contribution in [3.8, 4) is 0 Å². The predicted octanol–water partition coefficient (Wildman–Crippen LogP) is 4.25. The zero-order valence-corrected chi connectivity index (χ0v) is 20.7. The summed E-state index contributed by atoms with van der Waals surface area (Å²) in [7, 11) is 0. The van der Waals surface area contributed by atoms with E-state index in [4.69, 9.17) is 9.97 Å². The number of benzene rings is 1. The molecular formula is C24H31N5OS2. The van der Waals surface area contributed by atoms with Crippen molar-refractivity contribution in [1.29, 1.82) is 0 Å². The zero-order valence-electron chi connectivity index (χ0n) is 19.1. The molecule has 0 unspecified atom stereocenters. The molecule has 1 N–H and O–H groups in total. The Morgan fingerprint density at radius 3 is 2.72 bits per heavy atom. The number of rotatable bonds is 7. The smallest absolute Gasteiger partial charge is 0.234 e. The summed E-state index contributed by atoms with van der Waals surface area (Å²) in [6.07, 6.45) is 1.02. The fraction of sp³-hybridized carbons (Fsp3) is 0.458. The van der Waals surface area contributed by atoms with Gasteiger partial charge in [0.15, 0.2) is 0 Å². The number of fused-ring (bicyclic) bond motifs is 1. The monoisotopic (exact) mass is 469 g/mol. The first-order chi connectivity index (χ1) is 15.5. The Hall–Kier alpha value is -2.16. The molecule has 6 nitrogen and oxygen atoms in total. The van der Waals surface area contributed by atoms with E-state index in [0.29, 0.717) is 13.1 Å². The second-order valence-electron chi connectivity index (χ2n) is 8.10. The summed E-state index contributed by atoms with van der Waals surface area (Å²) in [5.74, 6) is 2.79. The van der Waals surface area contributed by atoms with Gasteiger partial charge in [-0.1, -0.05) is 18.2 Å². The van der Waals surface area contributed by atoms with Crippen LogP contribution in [-0.2, 0) is 10.5 Å². The van der Waals surface area contributed by atoms with Crippen LogP contribution in [0.2, 0.25) is 0 Å². The Morgan fingerprint density at radius 1 is 1.12 bits per heavy atom. The number of hydrogen-bond donors (Lipinski definition) is 1. The third-order valence-corrected chi connectivity index (χ3v) is 7.91. The molecule has 170 valence electrons. The highest BCUT2D eigenvalue weighted by atomic mass is 32.2. The molecule has 0 spiro atoms. The first kappa shape index (κ1) is 23.0. The van der Waals surface area contributed by atoms with Crippen molar-refractivity contribution >= 4 is 45.0 Å². The van der Waals surface area contributed by atoms with Gasteiger partial charge in [0.1, 0.15) is 16.5 Å². The molecule has 1 aromatic carbocycles. The van der Waals surface area contributed by atoms with Crippen LogP contribution in [0, 0.1) is 13.8 Å². The Labute approximate surface area is 198 Å². The Kier molecular flexibility index (Phi) is 7.65. The van der Waals surface area contributed by atoms with Gasteiger partial charge in [-0.05, 0) is 44.9 Å². The van der Waals surface area contributed by atoms with E-state index >= 15 is 0 Å². The molecule has 0 radical (unpaired) electrons. The lowest BCUT2D eigenvalue weighted by Gasteiger charge is -2.24. The van der Waals surface area contributed by atoms with Crippen LogP contribution in [0.15, 0.2) is 35.2 Å². The lowest BCUT2D eigenvalue weighted by atomic mass is 10.2. The highest BCUT2D eigenvalue weighted by Gasteiger charge is 2.23. The van der Waals surface area contributed by atoms with E-state index in [2.05, 4.69) is 53.2 Å². The molecule has 32 heavy (non-hydrogen) atoms. The maximum atomic E-state index is 12.0. The number of thioether (sulfide) groups is 1. The average Bonchev–Trinajstić information content (AvgIpc) is 2.94. The number of nitrogens with zero attached hydrogens (tertiary/aromatic N) is 4. The van der Waals surface area contributed by atoms with Crippen LogP contribution in [0.5, 0.6) is 0 Å². The normalized spacial score (nSPS) is 15.2. The summed E-state index contributed by atoms with van der Waals surface area (Å²) < 4.78 is 0. The lowest BCUT2D eigenvalue weighted by Crippen LogP contribution is -2.39. The van der Waals surface area contributed by atoms with Crippen molar-refractivity contribution in [2.45, 2.75) is 37.8 Å². The van der Waals surface area contributed by atoms with Crippen LogP contribution in [0.25, 0.3) is 10.2 Å². The van der Waals surface area contributed by atoms with E-state index in [1.54, 1.807) is 23.1 Å². The average molecular weight is 470 g/mol. The number of nitrogens with one attached hydrogen (secondary N) is 1. The first-order valence-corrected chi connectivity index (χ1v) is 13.0. The molecule has 0 aliphatic carbocycles. The summed E-state index contributed by atoms with van der Waals surface area (Å²) in [6, 6.07) is 10.4. The number of carbonyl (C=O) groups is 1. The van der Waals surface area contributed by atoms with Gasteiger partial charge in [-0.25, -0.2) is 9.97 Å². The highest BCUT2D eigenvalue weighted by molar-refractivity contribution is 7.98. The summed E-state index contributed by atoms with van der Waals surface area (Å²) in [5.41, 5.74) is 1.28. The molecule has 4 rings (SSSR count). The van der Waals surface area contributed by atoms with Crippen LogP contribution < -0.4 is 10.2 Å². The molecule has 0 bridgehead atoms. The summed E-state index contributed by atoms with van der Waals surface area (Å²) in [6.45, 7) is 11.1. The number of aromatic nitrogens is 2. The fourth-order valence-electron chi connectivity index (χ4n) is 4.03. The minimum Gasteiger partial charge on any atom is -0.355 e. The van der Waals surface area contributed by atoms with E-state index in [9.17, 15) is 4.79 Å². The first-order valence-electron chi connectivity index (χ1n) is 11.2. The minimum atomic E-state index is 0.106. The second-order valence-corrected chi connectivity index (χ2v) is 10.4. The van der Waals surface area contributed by atoms with Crippen LogP contribution in [-0.4, -0.2) is 60.0 Å². The third-order valence-electron chi connectivity index (χ3n) is 5.80. The number of carbonyl (C=O) groups excluding carboxylic acids is 1. The molecule has 1 aliphatic rings. The van der Waals surface area contributed by atoms with Gasteiger partial charge in [0.05, 0.1) is 17.7 Å². The zero-order chi connectivity index (χ0) is 22.5. The number of thiophene rings is 1. The number of anilines is 1. The van der Waals surface area contributed by atoms with Gasteiger partial charge >= 0.3 is 0 Å². The highest BCUT2D eigenvalue weighted by Crippen LogP contribution is 2.36. The summed E-state index contributed by atoms with van der Waals surface area (Å²) in [5, 5.41) is 4.10. The van der Waals surface area contributed by atoms with Gasteiger partial charge in [-0.2, -0.15) is 0 Å². The van der Waals surface area contributed by atoms with Crippen molar-refractivity contribution in [1.82, 2.24) is 20.2 Å². The van der Waals surface area contributed by atoms with E-state index in [0.717, 1.165) is 54.8 Å². The largest absolute Gasteiger partial charge is 0.355 e. The predicted molar refractivity (Wildman–Crippen MR) is 135 cm³/mol. The molecule has 1 saturated heterocycles. The molecule has 1 fully saturated rings. The van der Waals surface area contributed by atoms with Crippen molar-refractivity contribution in [3.05, 3.63) is 46.6 Å². The standard InChI is InChI=1S/C24H31N5OS2/c1-4-25-21(30)15-28-11-8-12-29(14-13-28)23-22-17(2)18(3)32-24(22)27-20(26-23)16-31-19-9-6-5-7-10-19/h5-7,9-10H,4,8,11-16H2,1-3H3,(H,25,30). The lowest BCUT2D eigenvalue weighted by molar-refractivity contribution is -0.122. The quantitative estimate of drug-likeness (QED) is 0.522. The molecule has 1 aliphatic heterocycles. The van der Waals surface area contributed by atoms with Gasteiger partial charge in [0.25, 0.3) is 0 Å². The number of amides is 1. The van der Waals surface area contributed by atoms with Crippen molar-refractivity contribution < 1.29 is 4.79 Å². The van der Waals surface area contributed by atoms with Gasteiger partial charge in [0.2, 0.25) is 5.91 Å². The SMILES string of the molecule is CCNC(=O)CN1CCCN(c2nc(CSc3ccccc3)nc3sc(C)c(C)c23)CC1. The Morgan fingerprint density at radius 2 is 1.94 bits per heavy atom. The van der Waals surface area contributed by atoms with Gasteiger partial charge in [-0.15, -0.1) is 23.1 Å². The number of likely N-dealkylation sites (N-methyl/N-ethyl adjacent to an activating group) is 1. The van der Waals surface area contributed by atoms with Crippen LogP contribution in [0.3, 0.4) is 0 Å². The second kappa shape index (κ2) is 10.6. The number of aryl methyl sites for hydroxylation is 2. The van der Waals surface area contributed by atoms with Crippen LogP contribution in [0.1, 0.15) is 29.6 Å². The van der Waals surface area contributed by atoms with Crippen molar-refractivity contribution in [3.63, 3.8) is 0 Å². The van der Waals surface area contributed by atoms with E-state index in [-0.39, 0.29) is 5.91 Å². The molecule has 3 heterocycles. The molecule has 0 atom stereocenters. The van der Waals surface area contributed by atoms with Crippen LogP contribution >= 0.6 is 23.1 Å². The van der Waals surface area contributed by atoms with E-state index < -0.39 is 0 Å². The Balaban J connectivity index is 1.57. The molecule has 3 aromatic rings. The molecule has 0 saturated carbocycles. The maximum absolute atomic E-state index is 12.0. The van der Waals surface area contributed by atoms with E-state index in [1.807, 2.05) is 13.0 Å². The fourth-order valence-corrected chi connectivity index (χ4v) is 5.84. The summed E-state index contributed by atoms with van der Waals surface area (Å²) >= 11 is 3.53. The third kappa shape index (κ3) is 5.42. The summed E-state index contributed by atoms with van der Waals surface area (Å²) in [4.78, 5) is 30.3. The minimum absolute atomic E-state index is 0.106. The van der Waals surface area contributed by atoms with Gasteiger partial charge in [-0.3, -0.25) is 9.69 Å². The van der Waals surface area contributed by atoms with Crippen molar-refractivity contribution in [2.24, 2.45) is 0 Å². The van der Waals surface area contributed by atoms with Crippen molar-refractivity contribution in [2.75, 3.05) is 44.2 Å². The van der Waals surface area contributed by atoms with Crippen LogP contribution in [0.4, 0.5) is 5.82 Å². The number of hydrogen-bond acceptors (Lipinski definition) is 7. The molecule has 8 heteroatoms. The maximum Gasteiger partial charge on any atom is 0.234 e. The molecular weight excluding hydrogens is 438 g/mol.